The highest BCUT2D eigenvalue weighted by Crippen LogP contribution is 2.48. The highest BCUT2D eigenvalue weighted by atomic mass is 15.0. The number of hydrogen-bond donors (Lipinski definition) is 0. The number of para-hydroxylation sites is 2. The van der Waals surface area contributed by atoms with E-state index in [2.05, 4.69) is 174 Å². The van der Waals surface area contributed by atoms with Gasteiger partial charge in [0.05, 0.1) is 17.1 Å². The van der Waals surface area contributed by atoms with E-state index in [0.29, 0.717) is 41.5 Å². The first-order chi connectivity index (χ1) is 28.2. The number of allylic oxidation sites excluding steroid dienone is 11. The van der Waals surface area contributed by atoms with Gasteiger partial charge >= 0.3 is 0 Å². The van der Waals surface area contributed by atoms with Crippen molar-refractivity contribution < 1.29 is 0 Å². The molecule has 0 amide bonds. The molecule has 6 aromatic rings. The van der Waals surface area contributed by atoms with Gasteiger partial charge in [-0.05, 0) is 117 Å². The Morgan fingerprint density at radius 2 is 1.46 bits per heavy atom. The molecule has 284 valence electrons. The summed E-state index contributed by atoms with van der Waals surface area (Å²) < 4.78 is 5.39. The van der Waals surface area contributed by atoms with Crippen LogP contribution in [0.15, 0.2) is 157 Å². The standard InChI is InChI=1S/C55H54N2/c1-37-15-8-9-20-46(37)43-33-42(39-18-6-3-7-19-39)34-45(35-43)56-52-25-12-11-22-49(52)51-36-41(29-32-54(51)56)47-23-14-24-50-48-21-10-13-26-53(48)57(55(47)50)44-30-27-40(28-31-44)38-16-4-2-5-17-38/h3-4,6-14,16,18-22,24-27,29-30,32,34,36-38,40,42-44,47H,2,5,15,17,23,28,31,33,35H2,1H3. The average Bonchev–Trinajstić information content (AvgIpc) is 3.80. The molecule has 0 bridgehead atoms. The maximum Gasteiger partial charge on any atom is 0.0537 e. The fourth-order valence-corrected chi connectivity index (χ4v) is 11.7. The second-order valence-corrected chi connectivity index (χ2v) is 17.8. The molecular formula is C55H54N2. The molecule has 2 nitrogen and oxygen atoms in total. The lowest BCUT2D eigenvalue weighted by Gasteiger charge is -2.34. The van der Waals surface area contributed by atoms with Crippen molar-refractivity contribution in [3.05, 3.63) is 180 Å². The van der Waals surface area contributed by atoms with E-state index in [4.69, 9.17) is 0 Å². The van der Waals surface area contributed by atoms with Crippen molar-refractivity contribution in [1.29, 1.82) is 0 Å². The van der Waals surface area contributed by atoms with Crippen molar-refractivity contribution in [2.75, 3.05) is 0 Å². The second-order valence-electron chi connectivity index (χ2n) is 17.8. The molecule has 4 aromatic carbocycles. The van der Waals surface area contributed by atoms with Gasteiger partial charge in [0.25, 0.3) is 0 Å². The summed E-state index contributed by atoms with van der Waals surface area (Å²) in [5, 5.41) is 4.11. The maximum atomic E-state index is 2.75. The third kappa shape index (κ3) is 6.06. The van der Waals surface area contributed by atoms with E-state index in [-0.39, 0.29) is 0 Å². The topological polar surface area (TPSA) is 9.86 Å². The first-order valence-corrected chi connectivity index (χ1v) is 22.0. The number of benzene rings is 4. The van der Waals surface area contributed by atoms with Crippen molar-refractivity contribution in [3.63, 3.8) is 0 Å². The van der Waals surface area contributed by atoms with Gasteiger partial charge in [0.15, 0.2) is 0 Å². The van der Waals surface area contributed by atoms with E-state index in [9.17, 15) is 0 Å². The van der Waals surface area contributed by atoms with Gasteiger partial charge in [-0.15, -0.1) is 0 Å². The van der Waals surface area contributed by atoms with E-state index in [1.54, 1.807) is 5.57 Å². The Balaban J connectivity index is 1.02. The van der Waals surface area contributed by atoms with Crippen molar-refractivity contribution in [3.8, 4) is 0 Å². The predicted octanol–water partition coefficient (Wildman–Crippen LogP) is 14.7. The predicted molar refractivity (Wildman–Crippen MR) is 241 cm³/mol. The van der Waals surface area contributed by atoms with Crippen LogP contribution in [0, 0.1) is 23.7 Å². The van der Waals surface area contributed by atoms with Crippen LogP contribution in [0.1, 0.15) is 105 Å². The van der Waals surface area contributed by atoms with Crippen molar-refractivity contribution >= 4 is 44.5 Å². The molecule has 0 saturated heterocycles. The van der Waals surface area contributed by atoms with Crippen LogP contribution in [0.2, 0.25) is 0 Å². The molecule has 2 heteroatoms. The molecule has 0 aliphatic heterocycles. The molecule has 7 atom stereocenters. The highest BCUT2D eigenvalue weighted by molar-refractivity contribution is 6.10. The third-order valence-corrected chi connectivity index (χ3v) is 14.5. The summed E-state index contributed by atoms with van der Waals surface area (Å²) >= 11 is 0. The smallest absolute Gasteiger partial charge is 0.0537 e. The molecule has 5 aliphatic carbocycles. The van der Waals surface area contributed by atoms with Crippen LogP contribution in [0.25, 0.3) is 44.5 Å². The molecule has 2 aromatic heterocycles. The molecule has 57 heavy (non-hydrogen) atoms. The van der Waals surface area contributed by atoms with E-state index >= 15 is 0 Å². The Labute approximate surface area is 338 Å². The largest absolute Gasteiger partial charge is 0.336 e. The average molecular weight is 743 g/mol. The zero-order valence-electron chi connectivity index (χ0n) is 33.3. The van der Waals surface area contributed by atoms with Crippen LogP contribution >= 0.6 is 0 Å². The van der Waals surface area contributed by atoms with Gasteiger partial charge in [-0.1, -0.05) is 146 Å². The molecule has 0 saturated carbocycles. The molecule has 0 radical (unpaired) electrons. The summed E-state index contributed by atoms with van der Waals surface area (Å²) in [7, 11) is 0. The molecule has 11 rings (SSSR count). The van der Waals surface area contributed by atoms with E-state index in [1.165, 1.54) is 99.3 Å². The number of fused-ring (bicyclic) bond motifs is 6. The summed E-state index contributed by atoms with van der Waals surface area (Å²) in [6.45, 7) is 2.43. The fourth-order valence-electron chi connectivity index (χ4n) is 11.7. The maximum absolute atomic E-state index is 2.75. The Kier molecular flexibility index (Phi) is 8.90. The highest BCUT2D eigenvalue weighted by Gasteiger charge is 2.33. The van der Waals surface area contributed by atoms with Gasteiger partial charge in [-0.25, -0.2) is 0 Å². The molecule has 0 fully saturated rings. The van der Waals surface area contributed by atoms with Crippen molar-refractivity contribution in [2.45, 2.75) is 82.6 Å². The minimum atomic E-state index is 0.296. The first-order valence-electron chi connectivity index (χ1n) is 22.0. The minimum absolute atomic E-state index is 0.296. The molecule has 0 spiro atoms. The zero-order chi connectivity index (χ0) is 37.9. The molecule has 0 N–H and O–H groups in total. The quantitative estimate of drug-likeness (QED) is 0.150. The van der Waals surface area contributed by atoms with E-state index in [1.807, 2.05) is 0 Å². The van der Waals surface area contributed by atoms with Crippen LogP contribution in [0.3, 0.4) is 0 Å². The Morgan fingerprint density at radius 3 is 2.28 bits per heavy atom. The Hall–Kier alpha value is -5.34. The van der Waals surface area contributed by atoms with Crippen LogP contribution in [0.5, 0.6) is 0 Å². The van der Waals surface area contributed by atoms with Crippen LogP contribution in [0.4, 0.5) is 0 Å². The Bertz CT molecular complexity index is 2670. The zero-order valence-corrected chi connectivity index (χ0v) is 33.3. The number of rotatable bonds is 6. The Morgan fingerprint density at radius 1 is 0.649 bits per heavy atom. The summed E-state index contributed by atoms with van der Waals surface area (Å²) in [6, 6.07) is 37.5. The monoisotopic (exact) mass is 742 g/mol. The van der Waals surface area contributed by atoms with Crippen molar-refractivity contribution in [2.24, 2.45) is 23.7 Å². The summed E-state index contributed by atoms with van der Waals surface area (Å²) in [6.07, 6.45) is 35.4. The molecule has 5 aliphatic rings. The van der Waals surface area contributed by atoms with Crippen LogP contribution < -0.4 is 0 Å². The number of hydrogen-bond acceptors (Lipinski definition) is 0. The number of nitrogens with zero attached hydrogens (tertiary/aromatic N) is 2. The summed E-state index contributed by atoms with van der Waals surface area (Å²) in [4.78, 5) is 0. The lowest BCUT2D eigenvalue weighted by molar-refractivity contribution is 0.351. The van der Waals surface area contributed by atoms with Gasteiger partial charge in [-0.3, -0.25) is 0 Å². The lowest BCUT2D eigenvalue weighted by Crippen LogP contribution is -2.22. The summed E-state index contributed by atoms with van der Waals surface area (Å²) in [5.41, 5.74) is 12.9. The third-order valence-electron chi connectivity index (χ3n) is 14.5. The second kappa shape index (κ2) is 14.6. The van der Waals surface area contributed by atoms with Crippen LogP contribution in [-0.4, -0.2) is 9.13 Å². The SMILES string of the molecule is CC1CC=CC=C1C1CC(n2c3ccccc3c3cc(C4CC=Cc5c4n(C4C=CC(C6C=CCCC6)CC4)c4ccccc54)ccc32)=CC(c2ccccc2)C1. The van der Waals surface area contributed by atoms with Crippen molar-refractivity contribution in [1.82, 2.24) is 9.13 Å². The van der Waals surface area contributed by atoms with Gasteiger partial charge in [0.1, 0.15) is 0 Å². The first kappa shape index (κ1) is 34.9. The van der Waals surface area contributed by atoms with Gasteiger partial charge in [0, 0.05) is 50.5 Å². The normalized spacial score (nSPS) is 27.2. The van der Waals surface area contributed by atoms with E-state index in [0.717, 1.165) is 19.3 Å². The van der Waals surface area contributed by atoms with Gasteiger partial charge < -0.3 is 9.13 Å². The molecular weight excluding hydrogens is 689 g/mol. The van der Waals surface area contributed by atoms with E-state index < -0.39 is 0 Å². The molecule has 7 unspecified atom stereocenters. The van der Waals surface area contributed by atoms with Gasteiger partial charge in [-0.2, -0.15) is 0 Å². The number of aromatic nitrogens is 2. The van der Waals surface area contributed by atoms with Gasteiger partial charge in [0.2, 0.25) is 0 Å². The fraction of sp³-hybridized carbons (Fsp3) is 0.309. The lowest BCUT2D eigenvalue weighted by atomic mass is 9.73. The summed E-state index contributed by atoms with van der Waals surface area (Å²) in [5.74, 6) is 3.16. The molecule has 2 heterocycles. The minimum Gasteiger partial charge on any atom is -0.336 e. The van der Waals surface area contributed by atoms with Crippen LogP contribution in [-0.2, 0) is 0 Å².